The Kier molecular flexibility index (Phi) is 4.58. The Hall–Kier alpha value is -1.26. The van der Waals surface area contributed by atoms with Crippen LogP contribution in [0.4, 0.5) is 0 Å². The molecular weight excluding hydrogens is 206 g/mol. The summed E-state index contributed by atoms with van der Waals surface area (Å²) in [5, 5.41) is 9.78. The molecule has 0 radical (unpaired) electrons. The largest absolute Gasteiger partial charge is 0.496 e. The van der Waals surface area contributed by atoms with E-state index in [4.69, 9.17) is 15.2 Å². The standard InChI is InChI=1S/C12H19NO3/c1-4-8(14)12(13)11-9(15-2)6-5-7-10(11)16-3/h5-8,12,14H,4,13H2,1-3H3/t8-,12-/m0/s1. The van der Waals surface area contributed by atoms with Gasteiger partial charge in [0.25, 0.3) is 0 Å². The van der Waals surface area contributed by atoms with E-state index >= 15 is 0 Å². The van der Waals surface area contributed by atoms with Gasteiger partial charge in [-0.25, -0.2) is 0 Å². The van der Waals surface area contributed by atoms with Gasteiger partial charge in [-0.15, -0.1) is 0 Å². The van der Waals surface area contributed by atoms with E-state index in [1.165, 1.54) is 0 Å². The highest BCUT2D eigenvalue weighted by Gasteiger charge is 2.22. The number of ether oxygens (including phenoxy) is 2. The van der Waals surface area contributed by atoms with Crippen LogP contribution in [-0.4, -0.2) is 25.4 Å². The monoisotopic (exact) mass is 225 g/mol. The summed E-state index contributed by atoms with van der Waals surface area (Å²) in [5.74, 6) is 1.28. The van der Waals surface area contributed by atoms with Gasteiger partial charge in [-0.1, -0.05) is 13.0 Å². The van der Waals surface area contributed by atoms with Crippen LogP contribution in [-0.2, 0) is 0 Å². The number of nitrogens with two attached hydrogens (primary N) is 1. The van der Waals surface area contributed by atoms with E-state index in [0.29, 0.717) is 23.5 Å². The lowest BCUT2D eigenvalue weighted by atomic mass is 9.98. The first-order valence-corrected chi connectivity index (χ1v) is 5.30. The Bertz CT molecular complexity index is 319. The van der Waals surface area contributed by atoms with E-state index in [0.717, 1.165) is 0 Å². The fraction of sp³-hybridized carbons (Fsp3) is 0.500. The number of hydrogen-bond acceptors (Lipinski definition) is 4. The summed E-state index contributed by atoms with van der Waals surface area (Å²) in [6.07, 6.45) is -0.0206. The fourth-order valence-electron chi connectivity index (χ4n) is 1.65. The molecule has 0 heterocycles. The molecular formula is C12H19NO3. The van der Waals surface area contributed by atoms with Crippen molar-refractivity contribution in [2.24, 2.45) is 5.73 Å². The van der Waals surface area contributed by atoms with Gasteiger partial charge in [-0.3, -0.25) is 0 Å². The van der Waals surface area contributed by atoms with Crippen LogP contribution in [0.5, 0.6) is 11.5 Å². The fourth-order valence-corrected chi connectivity index (χ4v) is 1.65. The van der Waals surface area contributed by atoms with Crippen LogP contribution in [0.2, 0.25) is 0 Å². The Labute approximate surface area is 96.0 Å². The van der Waals surface area contributed by atoms with E-state index in [1.54, 1.807) is 26.4 Å². The van der Waals surface area contributed by atoms with Crippen molar-refractivity contribution in [2.45, 2.75) is 25.5 Å². The van der Waals surface area contributed by atoms with Gasteiger partial charge in [0.1, 0.15) is 11.5 Å². The highest BCUT2D eigenvalue weighted by molar-refractivity contribution is 5.47. The number of benzene rings is 1. The zero-order valence-corrected chi connectivity index (χ0v) is 9.93. The van der Waals surface area contributed by atoms with Crippen molar-refractivity contribution in [1.29, 1.82) is 0 Å². The van der Waals surface area contributed by atoms with E-state index in [2.05, 4.69) is 0 Å². The lowest BCUT2D eigenvalue weighted by Crippen LogP contribution is -2.26. The third-order valence-electron chi connectivity index (χ3n) is 2.63. The molecule has 0 aliphatic rings. The molecule has 0 aliphatic carbocycles. The maximum atomic E-state index is 9.78. The second-order valence-electron chi connectivity index (χ2n) is 3.58. The normalized spacial score (nSPS) is 14.3. The van der Waals surface area contributed by atoms with Gasteiger partial charge in [0.2, 0.25) is 0 Å². The van der Waals surface area contributed by atoms with Gasteiger partial charge in [0.05, 0.1) is 31.9 Å². The Morgan fingerprint density at radius 1 is 1.25 bits per heavy atom. The molecule has 3 N–H and O–H groups in total. The van der Waals surface area contributed by atoms with Crippen molar-refractivity contribution in [3.05, 3.63) is 23.8 Å². The molecule has 0 unspecified atom stereocenters. The lowest BCUT2D eigenvalue weighted by molar-refractivity contribution is 0.138. The second kappa shape index (κ2) is 5.72. The molecule has 4 nitrogen and oxygen atoms in total. The second-order valence-corrected chi connectivity index (χ2v) is 3.58. The summed E-state index contributed by atoms with van der Waals surface area (Å²) in [4.78, 5) is 0. The number of aliphatic hydroxyl groups is 1. The van der Waals surface area contributed by atoms with Crippen LogP contribution in [0.1, 0.15) is 24.9 Å². The molecule has 90 valence electrons. The summed E-state index contributed by atoms with van der Waals surface area (Å²) in [6, 6.07) is 4.93. The summed E-state index contributed by atoms with van der Waals surface area (Å²) in [5.41, 5.74) is 6.70. The number of hydrogen-bond donors (Lipinski definition) is 2. The summed E-state index contributed by atoms with van der Waals surface area (Å²) in [6.45, 7) is 1.88. The molecule has 0 amide bonds. The highest BCUT2D eigenvalue weighted by atomic mass is 16.5. The minimum Gasteiger partial charge on any atom is -0.496 e. The topological polar surface area (TPSA) is 64.7 Å². The molecule has 0 bridgehead atoms. The van der Waals surface area contributed by atoms with Gasteiger partial charge in [-0.2, -0.15) is 0 Å². The predicted molar refractivity (Wildman–Crippen MR) is 62.8 cm³/mol. The predicted octanol–water partition coefficient (Wildman–Crippen LogP) is 1.47. The third kappa shape index (κ3) is 2.46. The van der Waals surface area contributed by atoms with Gasteiger partial charge < -0.3 is 20.3 Å². The molecule has 0 aliphatic heterocycles. The van der Waals surface area contributed by atoms with Crippen LogP contribution in [0.15, 0.2) is 18.2 Å². The van der Waals surface area contributed by atoms with Gasteiger partial charge >= 0.3 is 0 Å². The third-order valence-corrected chi connectivity index (χ3v) is 2.63. The summed E-state index contributed by atoms with van der Waals surface area (Å²) in [7, 11) is 3.15. The quantitative estimate of drug-likeness (QED) is 0.796. The molecule has 2 atom stereocenters. The zero-order chi connectivity index (χ0) is 12.1. The first-order chi connectivity index (χ1) is 7.65. The Morgan fingerprint density at radius 3 is 2.12 bits per heavy atom. The first kappa shape index (κ1) is 12.8. The van der Waals surface area contributed by atoms with Crippen molar-refractivity contribution >= 4 is 0 Å². The smallest absolute Gasteiger partial charge is 0.127 e. The van der Waals surface area contributed by atoms with Crippen molar-refractivity contribution in [3.8, 4) is 11.5 Å². The van der Waals surface area contributed by atoms with Gasteiger partial charge in [0, 0.05) is 0 Å². The molecule has 0 spiro atoms. The van der Waals surface area contributed by atoms with E-state index < -0.39 is 12.1 Å². The molecule has 1 aromatic rings. The van der Waals surface area contributed by atoms with Crippen molar-refractivity contribution in [1.82, 2.24) is 0 Å². The summed E-state index contributed by atoms with van der Waals surface area (Å²) >= 11 is 0. The Morgan fingerprint density at radius 2 is 1.75 bits per heavy atom. The Balaban J connectivity index is 3.17. The molecule has 16 heavy (non-hydrogen) atoms. The minimum atomic E-state index is -0.606. The van der Waals surface area contributed by atoms with Crippen LogP contribution < -0.4 is 15.2 Å². The maximum absolute atomic E-state index is 9.78. The maximum Gasteiger partial charge on any atom is 0.127 e. The SMILES string of the molecule is CC[C@H](O)[C@H](N)c1c(OC)cccc1OC. The van der Waals surface area contributed by atoms with Gasteiger partial charge in [0.15, 0.2) is 0 Å². The molecule has 0 saturated heterocycles. The molecule has 0 fully saturated rings. The van der Waals surface area contributed by atoms with Crippen molar-refractivity contribution < 1.29 is 14.6 Å². The molecule has 0 aromatic heterocycles. The highest BCUT2D eigenvalue weighted by Crippen LogP contribution is 2.34. The molecule has 1 rings (SSSR count). The van der Waals surface area contributed by atoms with Crippen molar-refractivity contribution in [2.75, 3.05) is 14.2 Å². The lowest BCUT2D eigenvalue weighted by Gasteiger charge is -2.22. The molecule has 1 aromatic carbocycles. The molecule has 0 saturated carbocycles. The average molecular weight is 225 g/mol. The zero-order valence-electron chi connectivity index (χ0n) is 9.93. The number of methoxy groups -OCH3 is 2. The van der Waals surface area contributed by atoms with E-state index in [9.17, 15) is 5.11 Å². The molecule has 4 heteroatoms. The average Bonchev–Trinajstić information content (AvgIpc) is 2.35. The van der Waals surface area contributed by atoms with E-state index in [-0.39, 0.29) is 0 Å². The van der Waals surface area contributed by atoms with Crippen LogP contribution >= 0.6 is 0 Å². The minimum absolute atomic E-state index is 0.504. The number of aliphatic hydroxyl groups excluding tert-OH is 1. The van der Waals surface area contributed by atoms with Crippen LogP contribution in [0.25, 0.3) is 0 Å². The van der Waals surface area contributed by atoms with Crippen molar-refractivity contribution in [3.63, 3.8) is 0 Å². The van der Waals surface area contributed by atoms with E-state index in [1.807, 2.05) is 13.0 Å². The van der Waals surface area contributed by atoms with Crippen LogP contribution in [0, 0.1) is 0 Å². The van der Waals surface area contributed by atoms with Gasteiger partial charge in [-0.05, 0) is 18.6 Å². The van der Waals surface area contributed by atoms with Crippen LogP contribution in [0.3, 0.4) is 0 Å². The summed E-state index contributed by atoms with van der Waals surface area (Å²) < 4.78 is 10.5. The first-order valence-electron chi connectivity index (χ1n) is 5.30. The number of rotatable bonds is 5.